The summed E-state index contributed by atoms with van der Waals surface area (Å²) in [4.78, 5) is 8.61. The SMILES string of the molecule is Nc1nc2cccnc2n1CCCOCC1CC1. The molecule has 0 spiro atoms. The largest absolute Gasteiger partial charge is 0.381 e. The number of nitrogens with two attached hydrogens (primary N) is 1. The van der Waals surface area contributed by atoms with Crippen molar-refractivity contribution in [3.05, 3.63) is 18.3 Å². The Morgan fingerprint density at radius 3 is 3.17 bits per heavy atom. The molecule has 96 valence electrons. The van der Waals surface area contributed by atoms with Gasteiger partial charge in [-0.25, -0.2) is 9.97 Å². The Balaban J connectivity index is 1.57. The fraction of sp³-hybridized carbons (Fsp3) is 0.538. The summed E-state index contributed by atoms with van der Waals surface area (Å²) in [6.45, 7) is 2.50. The molecule has 1 saturated carbocycles. The molecule has 18 heavy (non-hydrogen) atoms. The smallest absolute Gasteiger partial charge is 0.202 e. The van der Waals surface area contributed by atoms with Crippen LogP contribution in [0.1, 0.15) is 19.3 Å². The maximum absolute atomic E-state index is 5.90. The molecule has 0 aromatic carbocycles. The lowest BCUT2D eigenvalue weighted by atomic mass is 10.4. The number of hydrogen-bond donors (Lipinski definition) is 1. The van der Waals surface area contributed by atoms with E-state index in [4.69, 9.17) is 10.5 Å². The van der Waals surface area contributed by atoms with E-state index in [0.29, 0.717) is 5.95 Å². The highest BCUT2D eigenvalue weighted by Gasteiger charge is 2.20. The normalized spacial score (nSPS) is 15.3. The summed E-state index contributed by atoms with van der Waals surface area (Å²) in [6, 6.07) is 3.80. The molecule has 3 rings (SSSR count). The van der Waals surface area contributed by atoms with Gasteiger partial charge in [0.05, 0.1) is 0 Å². The molecular formula is C13H18N4O. The first kappa shape index (κ1) is 11.5. The van der Waals surface area contributed by atoms with Crippen LogP contribution in [-0.2, 0) is 11.3 Å². The third-order valence-electron chi connectivity index (χ3n) is 3.25. The first-order chi connectivity index (χ1) is 8.84. The van der Waals surface area contributed by atoms with Gasteiger partial charge in [0.2, 0.25) is 5.95 Å². The van der Waals surface area contributed by atoms with Crippen LogP contribution >= 0.6 is 0 Å². The number of fused-ring (bicyclic) bond motifs is 1. The van der Waals surface area contributed by atoms with Gasteiger partial charge in [0, 0.05) is 26.0 Å². The lowest BCUT2D eigenvalue weighted by Gasteiger charge is -2.06. The molecule has 2 N–H and O–H groups in total. The monoisotopic (exact) mass is 246 g/mol. The van der Waals surface area contributed by atoms with Crippen LogP contribution in [0.2, 0.25) is 0 Å². The molecule has 0 saturated heterocycles. The molecule has 1 aliphatic carbocycles. The van der Waals surface area contributed by atoms with E-state index in [1.165, 1.54) is 12.8 Å². The number of rotatable bonds is 6. The maximum atomic E-state index is 5.90. The van der Waals surface area contributed by atoms with Crippen LogP contribution in [0.15, 0.2) is 18.3 Å². The highest BCUT2D eigenvalue weighted by Crippen LogP contribution is 2.28. The van der Waals surface area contributed by atoms with Gasteiger partial charge in [0.1, 0.15) is 5.52 Å². The topological polar surface area (TPSA) is 66.0 Å². The predicted octanol–water partition coefficient (Wildman–Crippen LogP) is 1.83. The van der Waals surface area contributed by atoms with Gasteiger partial charge in [-0.3, -0.25) is 4.57 Å². The molecule has 2 aromatic rings. The van der Waals surface area contributed by atoms with Crippen molar-refractivity contribution < 1.29 is 4.74 Å². The first-order valence-corrected chi connectivity index (χ1v) is 6.49. The number of aryl methyl sites for hydroxylation is 1. The first-order valence-electron chi connectivity index (χ1n) is 6.49. The quantitative estimate of drug-likeness (QED) is 0.790. The second kappa shape index (κ2) is 4.94. The molecule has 0 bridgehead atoms. The van der Waals surface area contributed by atoms with Crippen molar-refractivity contribution in [3.63, 3.8) is 0 Å². The Labute approximate surface area is 106 Å². The molecule has 0 unspecified atom stereocenters. The van der Waals surface area contributed by atoms with E-state index < -0.39 is 0 Å². The molecule has 0 aliphatic heterocycles. The molecule has 5 nitrogen and oxygen atoms in total. The second-order valence-electron chi connectivity index (χ2n) is 4.84. The minimum absolute atomic E-state index is 0.533. The van der Waals surface area contributed by atoms with E-state index in [-0.39, 0.29) is 0 Å². The zero-order chi connectivity index (χ0) is 12.4. The fourth-order valence-corrected chi connectivity index (χ4v) is 2.06. The number of nitrogens with zero attached hydrogens (tertiary/aromatic N) is 3. The minimum atomic E-state index is 0.533. The van der Waals surface area contributed by atoms with E-state index in [0.717, 1.165) is 43.3 Å². The average Bonchev–Trinajstić information content (AvgIpc) is 3.13. The fourth-order valence-electron chi connectivity index (χ4n) is 2.06. The average molecular weight is 246 g/mol. The number of ether oxygens (including phenoxy) is 1. The van der Waals surface area contributed by atoms with Gasteiger partial charge in [-0.1, -0.05) is 0 Å². The molecule has 0 atom stereocenters. The molecule has 0 amide bonds. The Morgan fingerprint density at radius 1 is 1.44 bits per heavy atom. The van der Waals surface area contributed by atoms with Crippen LogP contribution < -0.4 is 5.73 Å². The third-order valence-corrected chi connectivity index (χ3v) is 3.25. The standard InChI is InChI=1S/C13H18N4O/c14-13-16-11-3-1-6-15-12(11)17(13)7-2-8-18-9-10-4-5-10/h1,3,6,10H,2,4-5,7-9H2,(H2,14,16). The second-order valence-corrected chi connectivity index (χ2v) is 4.84. The van der Waals surface area contributed by atoms with Crippen molar-refractivity contribution in [2.24, 2.45) is 5.92 Å². The van der Waals surface area contributed by atoms with Crippen LogP contribution in [0.3, 0.4) is 0 Å². The van der Waals surface area contributed by atoms with Crippen molar-refractivity contribution in [2.75, 3.05) is 18.9 Å². The van der Waals surface area contributed by atoms with Gasteiger partial charge >= 0.3 is 0 Å². The van der Waals surface area contributed by atoms with Crippen LogP contribution in [-0.4, -0.2) is 27.7 Å². The van der Waals surface area contributed by atoms with Gasteiger partial charge in [-0.05, 0) is 37.3 Å². The van der Waals surface area contributed by atoms with Gasteiger partial charge in [-0.15, -0.1) is 0 Å². The van der Waals surface area contributed by atoms with E-state index in [2.05, 4.69) is 9.97 Å². The predicted molar refractivity (Wildman–Crippen MR) is 70.1 cm³/mol. The van der Waals surface area contributed by atoms with Gasteiger partial charge in [0.15, 0.2) is 5.65 Å². The Bertz CT molecular complexity index is 533. The molecule has 5 heteroatoms. The van der Waals surface area contributed by atoms with Crippen LogP contribution in [0.25, 0.3) is 11.2 Å². The number of anilines is 1. The molecule has 1 fully saturated rings. The summed E-state index contributed by atoms with van der Waals surface area (Å²) >= 11 is 0. The lowest BCUT2D eigenvalue weighted by Crippen LogP contribution is -2.07. The van der Waals surface area contributed by atoms with Gasteiger partial charge < -0.3 is 10.5 Å². The van der Waals surface area contributed by atoms with Gasteiger partial charge in [0.25, 0.3) is 0 Å². The zero-order valence-electron chi connectivity index (χ0n) is 10.4. The van der Waals surface area contributed by atoms with Crippen molar-refractivity contribution in [1.29, 1.82) is 0 Å². The van der Waals surface area contributed by atoms with E-state index in [1.807, 2.05) is 16.7 Å². The van der Waals surface area contributed by atoms with Crippen molar-refractivity contribution in [3.8, 4) is 0 Å². The summed E-state index contributed by atoms with van der Waals surface area (Å²) < 4.78 is 7.57. The number of hydrogen-bond acceptors (Lipinski definition) is 4. The maximum Gasteiger partial charge on any atom is 0.202 e. The molecule has 1 aliphatic rings. The summed E-state index contributed by atoms with van der Waals surface area (Å²) in [5.74, 6) is 1.36. The molecular weight excluding hydrogens is 228 g/mol. The summed E-state index contributed by atoms with van der Waals surface area (Å²) in [6.07, 6.45) is 5.38. The molecule has 2 heterocycles. The number of nitrogen functional groups attached to an aromatic ring is 1. The third kappa shape index (κ3) is 2.46. The number of pyridine rings is 1. The van der Waals surface area contributed by atoms with Crippen molar-refractivity contribution in [2.45, 2.75) is 25.8 Å². The minimum Gasteiger partial charge on any atom is -0.381 e. The zero-order valence-corrected chi connectivity index (χ0v) is 10.4. The van der Waals surface area contributed by atoms with Crippen LogP contribution in [0.4, 0.5) is 5.95 Å². The summed E-state index contributed by atoms with van der Waals surface area (Å²) in [7, 11) is 0. The Morgan fingerprint density at radius 2 is 2.33 bits per heavy atom. The van der Waals surface area contributed by atoms with Crippen molar-refractivity contribution in [1.82, 2.24) is 14.5 Å². The lowest BCUT2D eigenvalue weighted by molar-refractivity contribution is 0.119. The van der Waals surface area contributed by atoms with Gasteiger partial charge in [-0.2, -0.15) is 0 Å². The van der Waals surface area contributed by atoms with Crippen LogP contribution in [0.5, 0.6) is 0 Å². The van der Waals surface area contributed by atoms with Crippen molar-refractivity contribution >= 4 is 17.1 Å². The highest BCUT2D eigenvalue weighted by molar-refractivity contribution is 5.73. The number of imidazole rings is 1. The Hall–Kier alpha value is -1.62. The van der Waals surface area contributed by atoms with E-state index >= 15 is 0 Å². The molecule has 2 aromatic heterocycles. The van der Waals surface area contributed by atoms with E-state index in [1.54, 1.807) is 6.20 Å². The number of aromatic nitrogens is 3. The summed E-state index contributed by atoms with van der Waals surface area (Å²) in [5, 5.41) is 0. The summed E-state index contributed by atoms with van der Waals surface area (Å²) in [5.41, 5.74) is 7.61. The highest BCUT2D eigenvalue weighted by atomic mass is 16.5. The Kier molecular flexibility index (Phi) is 3.15. The van der Waals surface area contributed by atoms with E-state index in [9.17, 15) is 0 Å². The molecule has 0 radical (unpaired) electrons. The van der Waals surface area contributed by atoms with Crippen LogP contribution in [0, 0.1) is 5.92 Å².